The van der Waals surface area contributed by atoms with Crippen LogP contribution in [0.3, 0.4) is 0 Å². The number of amides is 1. The van der Waals surface area contributed by atoms with E-state index in [9.17, 15) is 9.59 Å². The maximum Gasteiger partial charge on any atom is 2.00 e. The van der Waals surface area contributed by atoms with Gasteiger partial charge in [-0.1, -0.05) is 146 Å². The van der Waals surface area contributed by atoms with Crippen molar-refractivity contribution in [1.29, 1.82) is 0 Å². The van der Waals surface area contributed by atoms with Crippen molar-refractivity contribution >= 4 is 74.2 Å². The van der Waals surface area contributed by atoms with Crippen LogP contribution in [0.4, 0.5) is 0 Å². The molecule has 4 unspecified atom stereocenters. The molecule has 4 atom stereocenters. The Morgan fingerprint density at radius 2 is 1.46 bits per heavy atom. The number of ether oxygens (including phenoxy) is 2. The average molecular weight is 1020 g/mol. The van der Waals surface area contributed by atoms with Crippen LogP contribution >= 0.6 is 0 Å². The van der Waals surface area contributed by atoms with Gasteiger partial charge in [0.1, 0.15) is 12.2 Å². The number of hydrogen-bond acceptors (Lipinski definition) is 5. The maximum atomic E-state index is 15.0. The number of nitrogens with one attached hydrogen (secondary N) is 2. The predicted molar refractivity (Wildman–Crippen MR) is 301 cm³/mol. The summed E-state index contributed by atoms with van der Waals surface area (Å²) < 4.78 is 11.2. The summed E-state index contributed by atoms with van der Waals surface area (Å²) in [5.41, 5.74) is 14.2. The summed E-state index contributed by atoms with van der Waals surface area (Å²) in [4.78, 5) is 62.0. The molecule has 0 radical (unpaired) electrons. The van der Waals surface area contributed by atoms with Crippen molar-refractivity contribution in [3.05, 3.63) is 129 Å². The van der Waals surface area contributed by atoms with Gasteiger partial charge in [-0.3, -0.25) is 14.4 Å². The van der Waals surface area contributed by atoms with Crippen molar-refractivity contribution in [2.45, 2.75) is 171 Å². The normalized spacial score (nSPS) is 15.9. The van der Waals surface area contributed by atoms with E-state index in [1.54, 1.807) is 11.9 Å². The van der Waals surface area contributed by atoms with Crippen molar-refractivity contribution in [2.24, 2.45) is 17.8 Å². The third-order valence-electron chi connectivity index (χ3n) is 15.6. The summed E-state index contributed by atoms with van der Waals surface area (Å²) in [5, 5.41) is 0. The van der Waals surface area contributed by atoms with Crippen LogP contribution in [0.25, 0.3) is 33.3 Å². The van der Waals surface area contributed by atoms with Gasteiger partial charge in [-0.25, -0.2) is 9.97 Å². The number of hydrogen-bond donors (Lipinski definition) is 0. The van der Waals surface area contributed by atoms with Gasteiger partial charge in [-0.05, 0) is 113 Å². The molecule has 0 fully saturated rings. The van der Waals surface area contributed by atoms with E-state index in [0.29, 0.717) is 47.1 Å². The number of nitrogens with zero attached hydrogens (tertiary/aromatic N) is 3. The first-order valence-electron chi connectivity index (χ1n) is 27.2. The molecule has 11 heteroatoms. The topological polar surface area (TPSA) is 129 Å². The number of carbonyl (C=O) groups is 3. The maximum absolute atomic E-state index is 15.0. The molecule has 3 aliphatic heterocycles. The van der Waals surface area contributed by atoms with Crippen LogP contribution in [-0.4, -0.2) is 66.6 Å². The molecule has 6 rings (SSSR count). The second-order valence-electron chi connectivity index (χ2n) is 21.7. The summed E-state index contributed by atoms with van der Waals surface area (Å²) in [6, 6.07) is 16.1. The Morgan fingerprint density at radius 3 is 2.11 bits per heavy atom. The Balaban J connectivity index is 0.0000101. The fourth-order valence-corrected chi connectivity index (χ4v) is 10.9. The quantitative estimate of drug-likeness (QED) is 0.0496. The zero-order chi connectivity index (χ0) is 52.9. The van der Waals surface area contributed by atoms with E-state index in [1.165, 1.54) is 57.6 Å². The van der Waals surface area contributed by atoms with E-state index in [-0.39, 0.29) is 66.2 Å². The van der Waals surface area contributed by atoms with Gasteiger partial charge in [-0.15, -0.1) is 22.4 Å². The number of benzene rings is 1. The number of methoxy groups -OCH3 is 1. The second kappa shape index (κ2) is 28.0. The third-order valence-corrected chi connectivity index (χ3v) is 15.6. The molecular weight excluding hydrogens is 931 g/mol. The number of rotatable bonds is 24. The van der Waals surface area contributed by atoms with Crippen LogP contribution in [-0.2, 0) is 43.2 Å². The minimum Gasteiger partial charge on any atom is -0.664 e. The Labute approximate surface area is 459 Å². The van der Waals surface area contributed by atoms with Crippen LogP contribution in [0, 0.1) is 24.7 Å². The van der Waals surface area contributed by atoms with E-state index < -0.39 is 5.97 Å². The van der Waals surface area contributed by atoms with Crippen molar-refractivity contribution in [3.63, 3.8) is 0 Å². The molecule has 1 aromatic carbocycles. The van der Waals surface area contributed by atoms with Gasteiger partial charge in [0.15, 0.2) is 0 Å². The van der Waals surface area contributed by atoms with Gasteiger partial charge in [0.25, 0.3) is 5.91 Å². The molecule has 0 aliphatic carbocycles. The van der Waals surface area contributed by atoms with E-state index in [0.717, 1.165) is 92.6 Å². The molecule has 5 heterocycles. The SMILES string of the molecule is C=CC1=C(C)c2cc3[n-]c(c(CC(=O)OC)c4[nH+]c(cc5[n-]c(cc1[nH+]2)c(C)c5CC)C(C)=C4C(=O)N(C)Cc1ccccc1)C(CCC(=O)OC/C=C(\C)CCCC(C)CCCC(C)CCCC(C)C)C3C.[Mg+2]. The monoisotopic (exact) mass is 1020 g/mol. The number of carbonyl (C=O) groups excluding carboxylic acids is 3. The van der Waals surface area contributed by atoms with Crippen LogP contribution in [0.1, 0.15) is 201 Å². The van der Waals surface area contributed by atoms with Crippen LogP contribution in [0.15, 0.2) is 72.8 Å². The zero-order valence-corrected chi connectivity index (χ0v) is 48.5. The van der Waals surface area contributed by atoms with E-state index in [1.807, 2.05) is 55.5 Å². The summed E-state index contributed by atoms with van der Waals surface area (Å²) in [5.74, 6) is 0.856. The number of aromatic nitrogens is 4. The molecule has 3 aromatic rings. The number of fused-ring (bicyclic) bond motifs is 8. The predicted octanol–water partition coefficient (Wildman–Crippen LogP) is 12.6. The van der Waals surface area contributed by atoms with Gasteiger partial charge < -0.3 is 24.3 Å². The fraction of sp³-hybridized carbons (Fsp3) is 0.508. The summed E-state index contributed by atoms with van der Waals surface area (Å²) in [6.45, 7) is 26.7. The van der Waals surface area contributed by atoms with Gasteiger partial charge in [0, 0.05) is 36.7 Å². The summed E-state index contributed by atoms with van der Waals surface area (Å²) in [7, 11) is 3.17. The largest absolute Gasteiger partial charge is 2.00 e. The summed E-state index contributed by atoms with van der Waals surface area (Å²) in [6.07, 6.45) is 16.3. The van der Waals surface area contributed by atoms with E-state index in [2.05, 4.69) is 91.0 Å². The minimum atomic E-state index is -0.472. The molecule has 0 spiro atoms. The number of aromatic amines is 2. The molecule has 2 aromatic heterocycles. The summed E-state index contributed by atoms with van der Waals surface area (Å²) >= 11 is 0. The van der Waals surface area contributed by atoms with Crippen molar-refractivity contribution in [3.8, 4) is 0 Å². The molecule has 8 bridgehead atoms. The molecule has 0 saturated carbocycles. The molecule has 1 amide bonds. The molecule has 10 nitrogen and oxygen atoms in total. The zero-order valence-electron chi connectivity index (χ0n) is 47.1. The fourth-order valence-electron chi connectivity index (χ4n) is 10.9. The smallest absolute Gasteiger partial charge is 0.664 e. The minimum absolute atomic E-state index is 0. The van der Waals surface area contributed by atoms with Gasteiger partial charge in [0.2, 0.25) is 22.8 Å². The Hall–Kier alpha value is -5.26. The number of allylic oxidation sites excluding steroid dienone is 5. The van der Waals surface area contributed by atoms with Gasteiger partial charge >= 0.3 is 35.0 Å². The van der Waals surface area contributed by atoms with Crippen LogP contribution < -0.4 is 19.9 Å². The number of aryl methyl sites for hydroxylation is 2. The molecule has 2 N–H and O–H groups in total. The first kappa shape index (κ1) is 59.6. The van der Waals surface area contributed by atoms with Crippen molar-refractivity contribution in [2.75, 3.05) is 20.8 Å². The molecule has 74 heavy (non-hydrogen) atoms. The Kier molecular flexibility index (Phi) is 22.6. The van der Waals surface area contributed by atoms with Crippen LogP contribution in [0.5, 0.6) is 0 Å². The van der Waals surface area contributed by atoms with E-state index in [4.69, 9.17) is 19.4 Å². The molecule has 0 saturated heterocycles. The number of esters is 2. The number of H-pyrrole nitrogens is 2. The van der Waals surface area contributed by atoms with Crippen molar-refractivity contribution < 1.29 is 33.8 Å². The Bertz CT molecular complexity index is 2780. The molecular formula is C63H85MgN5O5+2. The van der Waals surface area contributed by atoms with Crippen LogP contribution in [0.2, 0.25) is 0 Å². The van der Waals surface area contributed by atoms with Gasteiger partial charge in [-0.2, -0.15) is 0 Å². The standard InChI is InChI=1S/C63H84N5O5.Mg/c1-14-48-43(8)52-35-54-45(10)50(30-31-58(69)73-33-32-42(7)27-21-26-41(6)25-20-24-40(5)23-19-22-39(3)4)61(66-54)51(34-59(70)72-13)62-60(63(71)68(12)38-47-28-17-16-18-29-47)46(11)55(67-62)37-57-49(15-2)44(9)53(65-57)36-56(48)64-52;/h14,16-18,28-29,32,35-37,39-41,45,50H,1,15,19-27,30-31,33-34,38H2,2-13H3,(H-,64,65,66,67,71);/q-1;+2/p+1/b42-32+;. The average Bonchev–Trinajstić information content (AvgIpc) is 4.04. The van der Waals surface area contributed by atoms with E-state index >= 15 is 4.79 Å². The second-order valence-corrected chi connectivity index (χ2v) is 21.7. The Morgan fingerprint density at radius 1 is 0.811 bits per heavy atom. The number of likely N-dealkylation sites (N-methyl/N-ethyl adjacent to an activating group) is 1. The first-order chi connectivity index (χ1) is 34.9. The van der Waals surface area contributed by atoms with Crippen molar-refractivity contribution in [1.82, 2.24) is 14.9 Å². The van der Waals surface area contributed by atoms with Gasteiger partial charge in [0.05, 0.1) is 19.1 Å². The first-order valence-corrected chi connectivity index (χ1v) is 27.2. The third kappa shape index (κ3) is 15.2. The molecule has 3 aliphatic rings. The molecule has 392 valence electrons.